The number of esters is 2. The van der Waals surface area contributed by atoms with Gasteiger partial charge in [0.25, 0.3) is 0 Å². The van der Waals surface area contributed by atoms with E-state index in [0.717, 1.165) is 83.5 Å². The first-order valence-corrected chi connectivity index (χ1v) is 25.1. The number of hydrogen-bond acceptors (Lipinski definition) is 6. The van der Waals surface area contributed by atoms with Gasteiger partial charge in [-0.05, 0) is 89.9 Å². The number of likely N-dealkylation sites (N-methyl/N-ethyl adjacent to an activating group) is 1. The summed E-state index contributed by atoms with van der Waals surface area (Å²) in [5.41, 5.74) is 0. The topological polar surface area (TPSA) is 99.1 Å². The standard InChI is InChI=1S/C55H93NO7/c1-6-8-10-12-14-16-18-20-22-24-25-26-27-28-30-32-34-36-38-40-42-44-46-54(58)63-51(49-61-48-47-52(55(59)60)56(3,4)5)50-62-53(57)45-43-41-39-37-35-33-31-29-23-21-19-17-15-13-11-9-7-2/h8,10,14,16,20-23,25-26,28,30,34,36,51-52H,6-7,9,11-13,15,17-19,24,27,29,31-33,35,37-50H2,1-5H3/p+1/b10-8+,16-14+,22-20+,23-21+,26-25+,30-28+,36-34+. The molecule has 2 unspecified atom stereocenters. The van der Waals surface area contributed by atoms with Crippen LogP contribution in [0.3, 0.4) is 0 Å². The molecule has 2 atom stereocenters. The molecule has 0 saturated carbocycles. The number of rotatable bonds is 44. The molecule has 0 radical (unpaired) electrons. The summed E-state index contributed by atoms with van der Waals surface area (Å²) >= 11 is 0. The fourth-order valence-corrected chi connectivity index (χ4v) is 6.91. The number of carbonyl (C=O) groups is 3. The molecule has 0 rings (SSSR count). The zero-order valence-electron chi connectivity index (χ0n) is 41.0. The van der Waals surface area contributed by atoms with Crippen LogP contribution in [0, 0.1) is 0 Å². The summed E-state index contributed by atoms with van der Waals surface area (Å²) in [6.07, 6.45) is 59.1. The molecule has 0 fully saturated rings. The van der Waals surface area contributed by atoms with Crippen molar-refractivity contribution in [2.75, 3.05) is 41.0 Å². The van der Waals surface area contributed by atoms with Crippen LogP contribution in [-0.4, -0.2) is 80.6 Å². The highest BCUT2D eigenvalue weighted by atomic mass is 16.6. The average Bonchev–Trinajstić information content (AvgIpc) is 3.24. The SMILES string of the molecule is CC/C=C/C/C=C/C/C=C/C/C=C/C/C=C/C/C=C/CCCCCC(=O)OC(COCCC(C(=O)O)[N+](C)(C)C)COC(=O)CCCCCCCCC/C=C/CCCCCCCC. The van der Waals surface area contributed by atoms with E-state index in [-0.39, 0.29) is 42.7 Å². The summed E-state index contributed by atoms with van der Waals surface area (Å²) in [5.74, 6) is -1.52. The third-order valence-corrected chi connectivity index (χ3v) is 10.8. The van der Waals surface area contributed by atoms with Gasteiger partial charge in [-0.1, -0.05) is 170 Å². The van der Waals surface area contributed by atoms with Crippen molar-refractivity contribution in [2.24, 2.45) is 0 Å². The minimum absolute atomic E-state index is 0.0418. The van der Waals surface area contributed by atoms with Gasteiger partial charge < -0.3 is 23.8 Å². The lowest BCUT2D eigenvalue weighted by atomic mass is 10.1. The molecular weight excluding hydrogens is 787 g/mol. The summed E-state index contributed by atoms with van der Waals surface area (Å²) in [6, 6.07) is -0.626. The molecule has 1 N–H and O–H groups in total. The number of quaternary nitrogens is 1. The number of carbonyl (C=O) groups excluding carboxylic acids is 2. The summed E-state index contributed by atoms with van der Waals surface area (Å²) in [7, 11) is 5.51. The van der Waals surface area contributed by atoms with E-state index in [9.17, 15) is 19.5 Å². The van der Waals surface area contributed by atoms with Gasteiger partial charge in [0.05, 0.1) is 34.4 Å². The fourth-order valence-electron chi connectivity index (χ4n) is 6.91. The highest BCUT2D eigenvalue weighted by molar-refractivity contribution is 5.72. The van der Waals surface area contributed by atoms with E-state index in [1.807, 2.05) is 21.1 Å². The van der Waals surface area contributed by atoms with Crippen molar-refractivity contribution in [3.63, 3.8) is 0 Å². The number of ether oxygens (including phenoxy) is 3. The second-order valence-corrected chi connectivity index (χ2v) is 17.7. The minimum Gasteiger partial charge on any atom is -0.477 e. The molecule has 63 heavy (non-hydrogen) atoms. The summed E-state index contributed by atoms with van der Waals surface area (Å²) < 4.78 is 17.3. The molecule has 0 aromatic rings. The van der Waals surface area contributed by atoms with Gasteiger partial charge in [0.1, 0.15) is 6.61 Å². The molecule has 0 spiro atoms. The number of allylic oxidation sites excluding steroid dienone is 14. The van der Waals surface area contributed by atoms with E-state index in [1.165, 1.54) is 77.0 Å². The van der Waals surface area contributed by atoms with Crippen LogP contribution in [-0.2, 0) is 28.6 Å². The monoisotopic (exact) mass is 881 g/mol. The smallest absolute Gasteiger partial charge is 0.362 e. The molecular formula is C55H94NO7+. The van der Waals surface area contributed by atoms with Crippen LogP contribution in [0.2, 0.25) is 0 Å². The number of carboxylic acid groups (broad SMARTS) is 1. The Kier molecular flexibility index (Phi) is 42.6. The Morgan fingerprint density at radius 2 is 0.889 bits per heavy atom. The van der Waals surface area contributed by atoms with Crippen LogP contribution in [0.25, 0.3) is 0 Å². The van der Waals surface area contributed by atoms with E-state index < -0.39 is 18.1 Å². The van der Waals surface area contributed by atoms with Gasteiger partial charge in [0.2, 0.25) is 0 Å². The van der Waals surface area contributed by atoms with E-state index >= 15 is 0 Å². The molecule has 8 nitrogen and oxygen atoms in total. The number of hydrogen-bond donors (Lipinski definition) is 1. The number of carboxylic acids is 1. The Morgan fingerprint density at radius 1 is 0.492 bits per heavy atom. The molecule has 0 aliphatic carbocycles. The van der Waals surface area contributed by atoms with Gasteiger partial charge in [0, 0.05) is 19.3 Å². The third-order valence-electron chi connectivity index (χ3n) is 10.8. The van der Waals surface area contributed by atoms with Gasteiger partial charge in [-0.2, -0.15) is 0 Å². The maximum atomic E-state index is 12.8. The van der Waals surface area contributed by atoms with Crippen LogP contribution in [0.15, 0.2) is 85.1 Å². The molecule has 0 aromatic heterocycles. The lowest BCUT2D eigenvalue weighted by molar-refractivity contribution is -0.887. The van der Waals surface area contributed by atoms with Crippen molar-refractivity contribution in [3.05, 3.63) is 85.1 Å². The quantitative estimate of drug-likeness (QED) is 0.0282. The lowest BCUT2D eigenvalue weighted by Gasteiger charge is -2.31. The Labute approximate surface area is 386 Å². The van der Waals surface area contributed by atoms with Gasteiger partial charge in [-0.3, -0.25) is 9.59 Å². The average molecular weight is 881 g/mol. The van der Waals surface area contributed by atoms with Gasteiger partial charge >= 0.3 is 17.9 Å². The Hall–Kier alpha value is -3.49. The van der Waals surface area contributed by atoms with E-state index in [2.05, 4.69) is 98.9 Å². The Bertz CT molecular complexity index is 1300. The molecule has 0 saturated heterocycles. The Balaban J connectivity index is 4.37. The van der Waals surface area contributed by atoms with Crippen LogP contribution >= 0.6 is 0 Å². The number of unbranched alkanes of at least 4 members (excludes halogenated alkanes) is 16. The zero-order valence-corrected chi connectivity index (χ0v) is 41.0. The predicted molar refractivity (Wildman–Crippen MR) is 266 cm³/mol. The van der Waals surface area contributed by atoms with Crippen molar-refractivity contribution < 1.29 is 38.2 Å². The van der Waals surface area contributed by atoms with Crippen LogP contribution in [0.4, 0.5) is 0 Å². The van der Waals surface area contributed by atoms with Crippen molar-refractivity contribution in [2.45, 2.75) is 206 Å². The highest BCUT2D eigenvalue weighted by Crippen LogP contribution is 2.14. The second-order valence-electron chi connectivity index (χ2n) is 17.7. The van der Waals surface area contributed by atoms with Gasteiger partial charge in [-0.15, -0.1) is 0 Å². The molecule has 360 valence electrons. The number of aliphatic carboxylic acids is 1. The first kappa shape index (κ1) is 59.5. The summed E-state index contributed by atoms with van der Waals surface area (Å²) in [4.78, 5) is 37.1. The fraction of sp³-hybridized carbons (Fsp3) is 0.691. The maximum absolute atomic E-state index is 12.8. The van der Waals surface area contributed by atoms with Crippen molar-refractivity contribution >= 4 is 17.9 Å². The number of nitrogens with zero attached hydrogens (tertiary/aromatic N) is 1. The first-order chi connectivity index (χ1) is 30.6. The molecule has 0 aromatic carbocycles. The van der Waals surface area contributed by atoms with Crippen molar-refractivity contribution in [1.82, 2.24) is 0 Å². The minimum atomic E-state index is -0.884. The lowest BCUT2D eigenvalue weighted by Crippen LogP contribution is -2.50. The molecule has 0 heterocycles. The van der Waals surface area contributed by atoms with E-state index in [0.29, 0.717) is 12.8 Å². The summed E-state index contributed by atoms with van der Waals surface area (Å²) in [6.45, 7) is 4.58. The van der Waals surface area contributed by atoms with Gasteiger partial charge in [-0.25, -0.2) is 4.79 Å². The Morgan fingerprint density at radius 3 is 1.35 bits per heavy atom. The second kappa shape index (κ2) is 45.1. The van der Waals surface area contributed by atoms with Crippen LogP contribution in [0.1, 0.15) is 194 Å². The van der Waals surface area contributed by atoms with Crippen LogP contribution in [0.5, 0.6) is 0 Å². The van der Waals surface area contributed by atoms with Crippen molar-refractivity contribution in [1.29, 1.82) is 0 Å². The molecule has 8 heteroatoms. The molecule has 0 aliphatic rings. The molecule has 0 amide bonds. The van der Waals surface area contributed by atoms with Crippen molar-refractivity contribution in [3.8, 4) is 0 Å². The van der Waals surface area contributed by atoms with Crippen LogP contribution < -0.4 is 0 Å². The molecule has 0 aliphatic heterocycles. The summed E-state index contributed by atoms with van der Waals surface area (Å²) in [5, 5.41) is 9.65. The van der Waals surface area contributed by atoms with E-state index in [1.54, 1.807) is 0 Å². The maximum Gasteiger partial charge on any atom is 0.362 e. The molecule has 0 bridgehead atoms. The predicted octanol–water partition coefficient (Wildman–Crippen LogP) is 14.5. The normalized spacial score (nSPS) is 13.6. The third kappa shape index (κ3) is 43.5. The van der Waals surface area contributed by atoms with Gasteiger partial charge in [0.15, 0.2) is 12.1 Å². The highest BCUT2D eigenvalue weighted by Gasteiger charge is 2.31. The zero-order chi connectivity index (χ0) is 46.3. The van der Waals surface area contributed by atoms with E-state index in [4.69, 9.17) is 14.2 Å². The first-order valence-electron chi connectivity index (χ1n) is 25.1. The largest absolute Gasteiger partial charge is 0.477 e.